The Bertz CT molecular complexity index is 75.0. The fraction of sp³-hybridized carbons (Fsp3) is 0.500. The zero-order chi connectivity index (χ0) is 5.86. The van der Waals surface area contributed by atoms with Crippen molar-refractivity contribution < 1.29 is 0 Å². The van der Waals surface area contributed by atoms with Gasteiger partial charge in [0.15, 0.2) is 0 Å². The molecule has 42 valence electrons. The molecule has 0 N–H and O–H groups in total. The molecule has 0 aliphatic carbocycles. The maximum atomic E-state index is 5.40. The predicted octanol–water partition coefficient (Wildman–Crippen LogP) is 2.93. The summed E-state index contributed by atoms with van der Waals surface area (Å²) in [6.07, 6.45) is 1.66. The van der Waals surface area contributed by atoms with Crippen LogP contribution in [0, 0.1) is 0 Å². The summed E-state index contributed by atoms with van der Waals surface area (Å²) in [6, 6.07) is 0. The molecule has 0 saturated heterocycles. The van der Waals surface area contributed by atoms with E-state index in [1.165, 1.54) is 0 Å². The molecule has 0 aliphatic heterocycles. The normalized spacial score (nSPS) is 13.0. The van der Waals surface area contributed by atoms with Gasteiger partial charge in [-0.1, -0.05) is 40.9 Å². The Hall–Kier alpha value is 0.610. The van der Waals surface area contributed by atoms with E-state index in [0.717, 1.165) is 0 Å². The average Bonchev–Trinajstić information content (AvgIpc) is 1.65. The lowest BCUT2D eigenvalue weighted by Crippen LogP contribution is -1.82. The van der Waals surface area contributed by atoms with Crippen LogP contribution in [0.1, 0.15) is 6.92 Å². The van der Waals surface area contributed by atoms with Crippen LogP contribution >= 0.6 is 34.8 Å². The molecule has 0 amide bonds. The van der Waals surface area contributed by atoms with Crippen LogP contribution in [-0.4, -0.2) is 4.84 Å². The summed E-state index contributed by atoms with van der Waals surface area (Å²) in [7, 11) is 0. The second-order valence-corrected chi connectivity index (χ2v) is 2.51. The van der Waals surface area contributed by atoms with Gasteiger partial charge in [0.2, 0.25) is 0 Å². The SMILES string of the molecule is CC=C(Cl)C(Cl)Cl. The van der Waals surface area contributed by atoms with Crippen LogP contribution in [0.5, 0.6) is 0 Å². The maximum Gasteiger partial charge on any atom is 0.142 e. The van der Waals surface area contributed by atoms with Gasteiger partial charge < -0.3 is 0 Å². The van der Waals surface area contributed by atoms with E-state index in [2.05, 4.69) is 0 Å². The molecule has 0 rings (SSSR count). The lowest BCUT2D eigenvalue weighted by molar-refractivity contribution is 1.50. The monoisotopic (exact) mass is 158 g/mol. The molecular weight excluding hydrogens is 154 g/mol. The predicted molar refractivity (Wildman–Crippen MR) is 35.1 cm³/mol. The van der Waals surface area contributed by atoms with E-state index in [1.54, 1.807) is 13.0 Å². The maximum absolute atomic E-state index is 5.40. The third kappa shape index (κ3) is 3.22. The Labute approximate surface area is 58.1 Å². The van der Waals surface area contributed by atoms with Crippen LogP contribution in [0.4, 0.5) is 0 Å². The van der Waals surface area contributed by atoms with Gasteiger partial charge in [-0.3, -0.25) is 0 Å². The summed E-state index contributed by atoms with van der Waals surface area (Å²) in [5.74, 6) is 0. The Morgan fingerprint density at radius 1 is 1.57 bits per heavy atom. The van der Waals surface area contributed by atoms with Crippen molar-refractivity contribution in [2.75, 3.05) is 0 Å². The molecule has 0 bridgehead atoms. The number of hydrogen-bond donors (Lipinski definition) is 0. The number of halogens is 3. The van der Waals surface area contributed by atoms with Gasteiger partial charge >= 0.3 is 0 Å². The number of alkyl halides is 2. The smallest absolute Gasteiger partial charge is 0.0991 e. The molecule has 7 heavy (non-hydrogen) atoms. The van der Waals surface area contributed by atoms with E-state index < -0.39 is 4.84 Å². The van der Waals surface area contributed by atoms with E-state index in [9.17, 15) is 0 Å². The summed E-state index contributed by atoms with van der Waals surface area (Å²) in [5.41, 5.74) is 0. The van der Waals surface area contributed by atoms with Crippen LogP contribution in [0.25, 0.3) is 0 Å². The van der Waals surface area contributed by atoms with Crippen molar-refractivity contribution in [3.05, 3.63) is 11.1 Å². The average molecular weight is 159 g/mol. The summed E-state index contributed by atoms with van der Waals surface area (Å²) < 4.78 is 0. The molecule has 0 aromatic rings. The van der Waals surface area contributed by atoms with Crippen LogP contribution in [0.15, 0.2) is 11.1 Å². The first-order valence-corrected chi connectivity index (χ1v) is 3.03. The fourth-order valence-corrected chi connectivity index (χ4v) is 0.378. The molecule has 0 saturated carbocycles. The van der Waals surface area contributed by atoms with Gasteiger partial charge in [0.25, 0.3) is 0 Å². The third-order valence-corrected chi connectivity index (χ3v) is 1.61. The second-order valence-electron chi connectivity index (χ2n) is 0.974. The Morgan fingerprint density at radius 2 is 2.00 bits per heavy atom. The van der Waals surface area contributed by atoms with Crippen molar-refractivity contribution in [3.8, 4) is 0 Å². The quantitative estimate of drug-likeness (QED) is 0.516. The molecule has 0 nitrogen and oxygen atoms in total. The molecule has 0 aliphatic rings. The van der Waals surface area contributed by atoms with Crippen LogP contribution in [-0.2, 0) is 0 Å². The number of rotatable bonds is 1. The third-order valence-electron chi connectivity index (χ3n) is 0.484. The van der Waals surface area contributed by atoms with Gasteiger partial charge in [-0.25, -0.2) is 0 Å². The van der Waals surface area contributed by atoms with Crippen molar-refractivity contribution in [3.63, 3.8) is 0 Å². The molecule has 0 aromatic carbocycles. The Morgan fingerprint density at radius 3 is 2.00 bits per heavy atom. The lowest BCUT2D eigenvalue weighted by atomic mass is 10.6. The van der Waals surface area contributed by atoms with Crippen LogP contribution < -0.4 is 0 Å². The van der Waals surface area contributed by atoms with E-state index in [0.29, 0.717) is 5.03 Å². The van der Waals surface area contributed by atoms with Crippen molar-refractivity contribution in [1.29, 1.82) is 0 Å². The van der Waals surface area contributed by atoms with Crippen molar-refractivity contribution in [1.82, 2.24) is 0 Å². The van der Waals surface area contributed by atoms with E-state index >= 15 is 0 Å². The summed E-state index contributed by atoms with van der Waals surface area (Å²) in [5, 5.41) is 0.475. The molecular formula is C4H5Cl3. The minimum atomic E-state index is -0.563. The molecule has 0 aromatic heterocycles. The summed E-state index contributed by atoms with van der Waals surface area (Å²) in [6.45, 7) is 1.78. The van der Waals surface area contributed by atoms with Crippen LogP contribution in [0.3, 0.4) is 0 Å². The Balaban J connectivity index is 3.56. The van der Waals surface area contributed by atoms with Crippen molar-refractivity contribution in [2.24, 2.45) is 0 Å². The van der Waals surface area contributed by atoms with E-state index in [-0.39, 0.29) is 0 Å². The topological polar surface area (TPSA) is 0 Å². The van der Waals surface area contributed by atoms with Crippen molar-refractivity contribution >= 4 is 34.8 Å². The van der Waals surface area contributed by atoms with E-state index in [1.807, 2.05) is 0 Å². The fourth-order valence-electron chi connectivity index (χ4n) is 0.126. The van der Waals surface area contributed by atoms with Gasteiger partial charge in [-0.15, -0.1) is 0 Å². The molecule has 0 heterocycles. The van der Waals surface area contributed by atoms with Crippen molar-refractivity contribution in [2.45, 2.75) is 11.8 Å². The molecule has 0 fully saturated rings. The minimum absolute atomic E-state index is 0.475. The standard InChI is InChI=1S/C4H5Cl3/c1-2-3(5)4(6)7/h2,4H,1H3. The van der Waals surface area contributed by atoms with Crippen LogP contribution in [0.2, 0.25) is 0 Å². The van der Waals surface area contributed by atoms with Gasteiger partial charge in [-0.2, -0.15) is 0 Å². The highest BCUT2D eigenvalue weighted by Gasteiger charge is 1.99. The van der Waals surface area contributed by atoms with E-state index in [4.69, 9.17) is 34.8 Å². The molecule has 3 heteroatoms. The minimum Gasteiger partial charge on any atom is -0.0991 e. The highest BCUT2D eigenvalue weighted by molar-refractivity contribution is 6.52. The zero-order valence-corrected chi connectivity index (χ0v) is 6.06. The highest BCUT2D eigenvalue weighted by Crippen LogP contribution is 2.16. The van der Waals surface area contributed by atoms with Gasteiger partial charge in [-0.05, 0) is 6.92 Å². The lowest BCUT2D eigenvalue weighted by Gasteiger charge is -1.92. The Kier molecular flexibility index (Phi) is 3.91. The molecule has 0 atom stereocenters. The molecule has 0 spiro atoms. The largest absolute Gasteiger partial charge is 0.142 e. The number of allylic oxidation sites excluding steroid dienone is 2. The first-order valence-electron chi connectivity index (χ1n) is 1.78. The number of hydrogen-bond acceptors (Lipinski definition) is 0. The van der Waals surface area contributed by atoms with Gasteiger partial charge in [0.05, 0.1) is 0 Å². The molecule has 0 radical (unpaired) electrons. The first-order chi connectivity index (χ1) is 3.18. The first kappa shape index (κ1) is 7.61. The molecule has 0 unspecified atom stereocenters. The second kappa shape index (κ2) is 3.59. The summed E-state index contributed by atoms with van der Waals surface area (Å²) in [4.78, 5) is -0.563. The van der Waals surface area contributed by atoms with Gasteiger partial charge in [0.1, 0.15) is 4.84 Å². The zero-order valence-electron chi connectivity index (χ0n) is 3.79. The highest BCUT2D eigenvalue weighted by atomic mass is 35.5. The summed E-state index contributed by atoms with van der Waals surface area (Å²) >= 11 is 16.0. The van der Waals surface area contributed by atoms with Gasteiger partial charge in [0, 0.05) is 5.03 Å².